The lowest BCUT2D eigenvalue weighted by Gasteiger charge is -2.20. The van der Waals surface area contributed by atoms with Gasteiger partial charge in [0.2, 0.25) is 0 Å². The fraction of sp³-hybridized carbons (Fsp3) is 0.120. The summed E-state index contributed by atoms with van der Waals surface area (Å²) in [4.78, 5) is 4.18. The highest BCUT2D eigenvalue weighted by Gasteiger charge is 2.15. The van der Waals surface area contributed by atoms with Gasteiger partial charge in [-0.2, -0.15) is 5.10 Å². The second-order valence-corrected chi connectivity index (χ2v) is 7.40. The van der Waals surface area contributed by atoms with E-state index >= 15 is 0 Å². The predicted octanol–water partition coefficient (Wildman–Crippen LogP) is 4.96. The van der Waals surface area contributed by atoms with E-state index in [9.17, 15) is 0 Å². The monoisotopic (exact) mass is 393 g/mol. The average Bonchev–Trinajstić information content (AvgIpc) is 3.49. The third-order valence-electron chi connectivity index (χ3n) is 5.47. The van der Waals surface area contributed by atoms with Crippen molar-refractivity contribution in [2.45, 2.75) is 19.1 Å². The predicted molar refractivity (Wildman–Crippen MR) is 120 cm³/mol. The van der Waals surface area contributed by atoms with Crippen LogP contribution in [0.1, 0.15) is 17.2 Å². The Morgan fingerprint density at radius 3 is 2.63 bits per heavy atom. The number of fused-ring (bicyclic) bond motifs is 1. The molecule has 148 valence electrons. The molecule has 0 saturated carbocycles. The molecule has 0 bridgehead atoms. The van der Waals surface area contributed by atoms with Crippen LogP contribution in [0.2, 0.25) is 0 Å². The van der Waals surface area contributed by atoms with Gasteiger partial charge in [0.1, 0.15) is 0 Å². The molecule has 0 aliphatic rings. The molecule has 0 radical (unpaired) electrons. The van der Waals surface area contributed by atoms with Gasteiger partial charge in [0.05, 0.1) is 24.3 Å². The molecule has 0 aliphatic heterocycles. The van der Waals surface area contributed by atoms with Gasteiger partial charge in [-0.25, -0.2) is 4.98 Å². The standard InChI is InChI=1S/C25H23N5/c1-2-8-20(9-3-1)24(17-30-14-13-26-18-30)27-15-21-16-28-29-25(21)23-12-6-10-19-7-4-5-11-22(19)23/h1-14,16,18,24,27H,15,17H2,(H,28,29). The first kappa shape index (κ1) is 18.3. The molecule has 5 nitrogen and oxygen atoms in total. The summed E-state index contributed by atoms with van der Waals surface area (Å²) in [5.74, 6) is 0. The molecule has 30 heavy (non-hydrogen) atoms. The summed E-state index contributed by atoms with van der Waals surface area (Å²) < 4.78 is 2.10. The summed E-state index contributed by atoms with van der Waals surface area (Å²) in [7, 11) is 0. The highest BCUT2D eigenvalue weighted by molar-refractivity contribution is 5.96. The van der Waals surface area contributed by atoms with E-state index in [1.165, 1.54) is 21.9 Å². The first-order chi connectivity index (χ1) is 14.9. The van der Waals surface area contributed by atoms with Crippen molar-refractivity contribution < 1.29 is 0 Å². The number of nitrogens with zero attached hydrogens (tertiary/aromatic N) is 3. The van der Waals surface area contributed by atoms with Crippen molar-refractivity contribution in [1.82, 2.24) is 25.1 Å². The number of aromatic amines is 1. The number of H-pyrrole nitrogens is 1. The number of benzene rings is 3. The van der Waals surface area contributed by atoms with Crippen LogP contribution in [0.3, 0.4) is 0 Å². The quantitative estimate of drug-likeness (QED) is 0.411. The number of hydrogen-bond acceptors (Lipinski definition) is 3. The molecule has 0 spiro atoms. The SMILES string of the molecule is c1ccc(C(Cn2ccnc2)NCc2cn[nH]c2-c2cccc3ccccc23)cc1. The van der Waals surface area contributed by atoms with Gasteiger partial charge in [-0.3, -0.25) is 5.10 Å². The molecule has 5 rings (SSSR count). The van der Waals surface area contributed by atoms with E-state index in [1.807, 2.05) is 31.0 Å². The van der Waals surface area contributed by atoms with E-state index in [0.717, 1.165) is 17.8 Å². The van der Waals surface area contributed by atoms with Crippen LogP contribution < -0.4 is 5.32 Å². The van der Waals surface area contributed by atoms with Crippen molar-refractivity contribution in [3.05, 3.63) is 109 Å². The summed E-state index contributed by atoms with van der Waals surface area (Å²) in [6.07, 6.45) is 7.59. The molecule has 0 fully saturated rings. The Morgan fingerprint density at radius 1 is 0.933 bits per heavy atom. The van der Waals surface area contributed by atoms with Crippen LogP contribution in [0.25, 0.3) is 22.0 Å². The van der Waals surface area contributed by atoms with Crippen molar-refractivity contribution >= 4 is 10.8 Å². The topological polar surface area (TPSA) is 58.5 Å². The zero-order valence-corrected chi connectivity index (χ0v) is 16.6. The van der Waals surface area contributed by atoms with E-state index in [0.29, 0.717) is 6.54 Å². The largest absolute Gasteiger partial charge is 0.336 e. The maximum Gasteiger partial charge on any atom is 0.0946 e. The second kappa shape index (κ2) is 8.35. The molecule has 1 atom stereocenters. The van der Waals surface area contributed by atoms with Crippen LogP contribution in [0, 0.1) is 0 Å². The molecular weight excluding hydrogens is 370 g/mol. The van der Waals surface area contributed by atoms with E-state index < -0.39 is 0 Å². The Morgan fingerprint density at radius 2 is 1.77 bits per heavy atom. The van der Waals surface area contributed by atoms with Gasteiger partial charge in [-0.05, 0) is 16.3 Å². The van der Waals surface area contributed by atoms with Crippen molar-refractivity contribution in [3.8, 4) is 11.3 Å². The van der Waals surface area contributed by atoms with Gasteiger partial charge in [-0.1, -0.05) is 72.8 Å². The van der Waals surface area contributed by atoms with Crippen molar-refractivity contribution in [3.63, 3.8) is 0 Å². The Bertz CT molecular complexity index is 1220. The fourth-order valence-corrected chi connectivity index (χ4v) is 3.93. The summed E-state index contributed by atoms with van der Waals surface area (Å²) in [5, 5.41) is 13.7. The number of aromatic nitrogens is 4. The summed E-state index contributed by atoms with van der Waals surface area (Å²) in [6, 6.07) is 25.5. The molecule has 5 aromatic rings. The highest BCUT2D eigenvalue weighted by Crippen LogP contribution is 2.29. The Kier molecular flexibility index (Phi) is 5.10. The van der Waals surface area contributed by atoms with Gasteiger partial charge in [0.25, 0.3) is 0 Å². The zero-order chi connectivity index (χ0) is 20.2. The summed E-state index contributed by atoms with van der Waals surface area (Å²) in [5.41, 5.74) is 4.64. The van der Waals surface area contributed by atoms with Gasteiger partial charge < -0.3 is 9.88 Å². The van der Waals surface area contributed by atoms with E-state index in [1.54, 1.807) is 0 Å². The number of nitrogens with one attached hydrogen (secondary N) is 2. The lowest BCUT2D eigenvalue weighted by molar-refractivity contribution is 0.462. The second-order valence-electron chi connectivity index (χ2n) is 7.40. The number of imidazole rings is 1. The molecule has 3 aromatic carbocycles. The molecule has 0 aliphatic carbocycles. The van der Waals surface area contributed by atoms with E-state index in [4.69, 9.17) is 0 Å². The first-order valence-electron chi connectivity index (χ1n) is 10.1. The van der Waals surface area contributed by atoms with Gasteiger partial charge in [-0.15, -0.1) is 0 Å². The number of hydrogen-bond donors (Lipinski definition) is 2. The van der Waals surface area contributed by atoms with Gasteiger partial charge >= 0.3 is 0 Å². The first-order valence-corrected chi connectivity index (χ1v) is 10.1. The average molecular weight is 393 g/mol. The van der Waals surface area contributed by atoms with Crippen LogP contribution in [0.15, 0.2) is 97.7 Å². The molecule has 1 unspecified atom stereocenters. The fourth-order valence-electron chi connectivity index (χ4n) is 3.93. The maximum atomic E-state index is 4.35. The van der Waals surface area contributed by atoms with Gasteiger partial charge in [0.15, 0.2) is 0 Å². The maximum absolute atomic E-state index is 4.35. The molecule has 0 amide bonds. The highest BCUT2D eigenvalue weighted by atomic mass is 15.1. The third kappa shape index (κ3) is 3.75. The van der Waals surface area contributed by atoms with Crippen molar-refractivity contribution in [1.29, 1.82) is 0 Å². The summed E-state index contributed by atoms with van der Waals surface area (Å²) in [6.45, 7) is 1.52. The third-order valence-corrected chi connectivity index (χ3v) is 5.47. The van der Waals surface area contributed by atoms with E-state index in [-0.39, 0.29) is 6.04 Å². The van der Waals surface area contributed by atoms with Crippen LogP contribution in [-0.2, 0) is 13.1 Å². The van der Waals surface area contributed by atoms with Crippen LogP contribution in [0.4, 0.5) is 0 Å². The van der Waals surface area contributed by atoms with Gasteiger partial charge in [0, 0.05) is 36.6 Å². The Balaban J connectivity index is 1.42. The normalized spacial score (nSPS) is 12.3. The zero-order valence-electron chi connectivity index (χ0n) is 16.6. The Labute approximate surface area is 175 Å². The molecule has 2 heterocycles. The van der Waals surface area contributed by atoms with Crippen molar-refractivity contribution in [2.75, 3.05) is 0 Å². The lowest BCUT2D eigenvalue weighted by atomic mass is 10.00. The summed E-state index contributed by atoms with van der Waals surface area (Å²) >= 11 is 0. The van der Waals surface area contributed by atoms with E-state index in [2.05, 4.69) is 91.8 Å². The lowest BCUT2D eigenvalue weighted by Crippen LogP contribution is -2.25. The smallest absolute Gasteiger partial charge is 0.0946 e. The molecule has 0 saturated heterocycles. The molecule has 2 N–H and O–H groups in total. The molecular formula is C25H23N5. The van der Waals surface area contributed by atoms with Crippen LogP contribution >= 0.6 is 0 Å². The van der Waals surface area contributed by atoms with Crippen LogP contribution in [0.5, 0.6) is 0 Å². The minimum Gasteiger partial charge on any atom is -0.336 e. The Hall–Kier alpha value is -3.70. The molecule has 5 heteroatoms. The minimum absolute atomic E-state index is 0.163. The number of rotatable bonds is 7. The minimum atomic E-state index is 0.163. The van der Waals surface area contributed by atoms with Crippen LogP contribution in [-0.4, -0.2) is 19.7 Å². The molecule has 2 aromatic heterocycles. The van der Waals surface area contributed by atoms with Crippen molar-refractivity contribution in [2.24, 2.45) is 0 Å².